The maximum atomic E-state index is 9.69. The molecule has 1 aromatic rings. The molecule has 1 fully saturated rings. The van der Waals surface area contributed by atoms with Crippen molar-refractivity contribution < 1.29 is 24.4 Å². The summed E-state index contributed by atoms with van der Waals surface area (Å²) in [7, 11) is 3.18. The van der Waals surface area contributed by atoms with Gasteiger partial charge < -0.3 is 24.4 Å². The number of hydrogen-bond donors (Lipinski definition) is 2. The molecule has 0 aliphatic carbocycles. The molecule has 5 nitrogen and oxygen atoms in total. The smallest absolute Gasteiger partial charge is 0.161 e. The molecule has 0 amide bonds. The lowest BCUT2D eigenvalue weighted by molar-refractivity contribution is 0.0337. The second-order valence-electron chi connectivity index (χ2n) is 4.26. The van der Waals surface area contributed by atoms with E-state index in [1.807, 2.05) is 18.2 Å². The first-order valence-electron chi connectivity index (χ1n) is 5.98. The standard InChI is InChI=1S/C13H18O5S/c1-16-10-4-3-8(5-11(10)17-2)19-7-12-13(15)9(14)6-18-12/h3-5,9,12-15H,6-7H2,1-2H3. The van der Waals surface area contributed by atoms with Crippen molar-refractivity contribution in [3.63, 3.8) is 0 Å². The summed E-state index contributed by atoms with van der Waals surface area (Å²) in [5.41, 5.74) is 0. The second-order valence-corrected chi connectivity index (χ2v) is 5.35. The normalized spacial score (nSPS) is 26.4. The van der Waals surface area contributed by atoms with Gasteiger partial charge in [-0.05, 0) is 18.2 Å². The molecule has 3 unspecified atom stereocenters. The molecule has 0 aromatic heterocycles. The Balaban J connectivity index is 1.96. The number of methoxy groups -OCH3 is 2. The minimum absolute atomic E-state index is 0.193. The first kappa shape index (κ1) is 14.5. The monoisotopic (exact) mass is 286 g/mol. The highest BCUT2D eigenvalue weighted by molar-refractivity contribution is 7.99. The van der Waals surface area contributed by atoms with Crippen molar-refractivity contribution in [1.29, 1.82) is 0 Å². The van der Waals surface area contributed by atoms with Crippen LogP contribution in [0.2, 0.25) is 0 Å². The Bertz CT molecular complexity index is 425. The fourth-order valence-corrected chi connectivity index (χ4v) is 2.90. The molecule has 6 heteroatoms. The van der Waals surface area contributed by atoms with E-state index in [4.69, 9.17) is 14.2 Å². The quantitative estimate of drug-likeness (QED) is 0.785. The number of aliphatic hydroxyl groups is 2. The van der Waals surface area contributed by atoms with Gasteiger partial charge in [0, 0.05) is 10.6 Å². The van der Waals surface area contributed by atoms with Gasteiger partial charge in [-0.25, -0.2) is 0 Å². The summed E-state index contributed by atoms with van der Waals surface area (Å²) in [6.07, 6.45) is -1.93. The molecule has 1 aliphatic rings. The summed E-state index contributed by atoms with van der Waals surface area (Å²) in [5.74, 6) is 1.92. The van der Waals surface area contributed by atoms with Gasteiger partial charge in [-0.3, -0.25) is 0 Å². The van der Waals surface area contributed by atoms with Gasteiger partial charge in [-0.2, -0.15) is 0 Å². The Hall–Kier alpha value is -0.950. The van der Waals surface area contributed by atoms with E-state index in [1.54, 1.807) is 26.0 Å². The van der Waals surface area contributed by atoms with E-state index in [9.17, 15) is 10.2 Å². The number of ether oxygens (including phenoxy) is 3. The zero-order chi connectivity index (χ0) is 13.8. The van der Waals surface area contributed by atoms with Gasteiger partial charge in [-0.15, -0.1) is 11.8 Å². The predicted octanol–water partition coefficient (Wildman–Crippen LogP) is 0.916. The van der Waals surface area contributed by atoms with Crippen LogP contribution in [0, 0.1) is 0 Å². The van der Waals surface area contributed by atoms with Crippen LogP contribution in [0.1, 0.15) is 0 Å². The van der Waals surface area contributed by atoms with Gasteiger partial charge in [-0.1, -0.05) is 0 Å². The van der Waals surface area contributed by atoms with Crippen LogP contribution in [-0.2, 0) is 4.74 Å². The third kappa shape index (κ3) is 3.33. The van der Waals surface area contributed by atoms with E-state index >= 15 is 0 Å². The molecule has 0 saturated carbocycles. The van der Waals surface area contributed by atoms with Gasteiger partial charge in [0.1, 0.15) is 12.2 Å². The van der Waals surface area contributed by atoms with E-state index < -0.39 is 12.2 Å². The van der Waals surface area contributed by atoms with E-state index in [2.05, 4.69) is 0 Å². The molecule has 0 spiro atoms. The molecule has 0 radical (unpaired) electrons. The largest absolute Gasteiger partial charge is 0.493 e. The van der Waals surface area contributed by atoms with Gasteiger partial charge >= 0.3 is 0 Å². The molecule has 3 atom stereocenters. The molecule has 2 rings (SSSR count). The maximum absolute atomic E-state index is 9.69. The van der Waals surface area contributed by atoms with E-state index in [-0.39, 0.29) is 12.7 Å². The van der Waals surface area contributed by atoms with Gasteiger partial charge in [0.2, 0.25) is 0 Å². The zero-order valence-corrected chi connectivity index (χ0v) is 11.7. The summed E-state index contributed by atoms with van der Waals surface area (Å²) >= 11 is 1.54. The number of hydrogen-bond acceptors (Lipinski definition) is 6. The molecule has 0 bridgehead atoms. The average molecular weight is 286 g/mol. The SMILES string of the molecule is COc1ccc(SCC2OCC(O)C2O)cc1OC. The number of benzene rings is 1. The Labute approximate surface area is 116 Å². The van der Waals surface area contributed by atoms with E-state index in [1.165, 1.54) is 0 Å². The summed E-state index contributed by atoms with van der Waals surface area (Å²) in [4.78, 5) is 0.995. The van der Waals surface area contributed by atoms with Crippen LogP contribution < -0.4 is 9.47 Å². The molecule has 1 heterocycles. The fourth-order valence-electron chi connectivity index (χ4n) is 1.90. The summed E-state index contributed by atoms with van der Waals surface area (Å²) in [6.45, 7) is 0.193. The topological polar surface area (TPSA) is 68.2 Å². The number of rotatable bonds is 5. The summed E-state index contributed by atoms with van der Waals surface area (Å²) in [5, 5.41) is 19.1. The molecule has 106 valence electrons. The van der Waals surface area contributed by atoms with Crippen LogP contribution in [0.5, 0.6) is 11.5 Å². The summed E-state index contributed by atoms with van der Waals surface area (Å²) < 4.78 is 15.7. The summed E-state index contributed by atoms with van der Waals surface area (Å²) in [6, 6.07) is 5.63. The van der Waals surface area contributed by atoms with Crippen molar-refractivity contribution in [2.75, 3.05) is 26.6 Å². The Morgan fingerprint density at radius 2 is 2.00 bits per heavy atom. The highest BCUT2D eigenvalue weighted by atomic mass is 32.2. The van der Waals surface area contributed by atoms with Crippen LogP contribution in [0.3, 0.4) is 0 Å². The minimum atomic E-state index is -0.812. The van der Waals surface area contributed by atoms with Crippen LogP contribution >= 0.6 is 11.8 Å². The predicted molar refractivity (Wildman–Crippen MR) is 72.0 cm³/mol. The lowest BCUT2D eigenvalue weighted by Gasteiger charge is -2.15. The van der Waals surface area contributed by atoms with Crippen molar-refractivity contribution in [3.05, 3.63) is 18.2 Å². The van der Waals surface area contributed by atoms with E-state index in [0.29, 0.717) is 17.3 Å². The molecule has 1 aromatic carbocycles. The van der Waals surface area contributed by atoms with Crippen molar-refractivity contribution in [3.8, 4) is 11.5 Å². The van der Waals surface area contributed by atoms with Gasteiger partial charge in [0.25, 0.3) is 0 Å². The zero-order valence-electron chi connectivity index (χ0n) is 10.9. The van der Waals surface area contributed by atoms with Crippen molar-refractivity contribution >= 4 is 11.8 Å². The number of aliphatic hydroxyl groups excluding tert-OH is 2. The van der Waals surface area contributed by atoms with Crippen LogP contribution in [0.15, 0.2) is 23.1 Å². The van der Waals surface area contributed by atoms with Gasteiger partial charge in [0.15, 0.2) is 11.5 Å². The third-order valence-electron chi connectivity index (χ3n) is 3.03. The van der Waals surface area contributed by atoms with Crippen LogP contribution in [-0.4, -0.2) is 55.1 Å². The minimum Gasteiger partial charge on any atom is -0.493 e. The molecule has 1 aliphatic heterocycles. The molecule has 2 N–H and O–H groups in total. The second kappa shape index (κ2) is 6.47. The Morgan fingerprint density at radius 1 is 1.26 bits per heavy atom. The van der Waals surface area contributed by atoms with Crippen LogP contribution in [0.4, 0.5) is 0 Å². The first-order chi connectivity index (χ1) is 9.15. The van der Waals surface area contributed by atoms with Crippen molar-refractivity contribution in [1.82, 2.24) is 0 Å². The number of thioether (sulfide) groups is 1. The Kier molecular flexibility index (Phi) is 4.93. The first-order valence-corrected chi connectivity index (χ1v) is 6.97. The van der Waals surface area contributed by atoms with Crippen LogP contribution in [0.25, 0.3) is 0 Å². The molecular weight excluding hydrogens is 268 g/mol. The van der Waals surface area contributed by atoms with Crippen molar-refractivity contribution in [2.45, 2.75) is 23.2 Å². The highest BCUT2D eigenvalue weighted by Gasteiger charge is 2.34. The Morgan fingerprint density at radius 3 is 2.58 bits per heavy atom. The van der Waals surface area contributed by atoms with Crippen molar-refractivity contribution in [2.24, 2.45) is 0 Å². The fraction of sp³-hybridized carbons (Fsp3) is 0.538. The molecular formula is C13H18O5S. The lowest BCUT2D eigenvalue weighted by Crippen LogP contribution is -2.31. The average Bonchev–Trinajstić information content (AvgIpc) is 2.76. The highest BCUT2D eigenvalue weighted by Crippen LogP contribution is 2.33. The molecule has 19 heavy (non-hydrogen) atoms. The lowest BCUT2D eigenvalue weighted by atomic mass is 10.2. The van der Waals surface area contributed by atoms with E-state index in [0.717, 1.165) is 4.90 Å². The molecule has 1 saturated heterocycles. The maximum Gasteiger partial charge on any atom is 0.161 e. The van der Waals surface area contributed by atoms with Gasteiger partial charge in [0.05, 0.1) is 26.9 Å². The third-order valence-corrected chi connectivity index (χ3v) is 4.11.